The maximum Gasteiger partial charge on any atom is 0.256 e. The molecule has 1 aromatic rings. The lowest BCUT2D eigenvalue weighted by molar-refractivity contribution is -0.704. The summed E-state index contributed by atoms with van der Waals surface area (Å²) >= 11 is 0. The Kier molecular flexibility index (Phi) is 36.3. The first kappa shape index (κ1) is 46.2. The number of nitrogens with zero attached hydrogens (tertiary/aromatic N) is 2. The third-order valence-electron chi connectivity index (χ3n) is 11.3. The fraction of sp³-hybridized carbons (Fsp3) is 0.936. The van der Waals surface area contributed by atoms with Crippen molar-refractivity contribution in [1.29, 1.82) is 0 Å². The van der Waals surface area contributed by atoms with Crippen LogP contribution >= 0.6 is 0 Å². The van der Waals surface area contributed by atoms with Gasteiger partial charge >= 0.3 is 0 Å². The smallest absolute Gasteiger partial charge is 0.234 e. The lowest BCUT2D eigenvalue weighted by Gasteiger charge is -2.07. The van der Waals surface area contributed by atoms with Crippen molar-refractivity contribution >= 4 is 0 Å². The molecule has 0 amide bonds. The monoisotopic (exact) mass is 686 g/mol. The molecule has 2 heteroatoms. The predicted octanol–water partition coefficient (Wildman–Crippen LogP) is 16.2. The summed E-state index contributed by atoms with van der Waals surface area (Å²) in [5.41, 5.74) is 0. The van der Waals surface area contributed by atoms with Crippen LogP contribution in [0, 0.1) is 0 Å². The Labute approximate surface area is 310 Å². The van der Waals surface area contributed by atoms with E-state index in [2.05, 4.69) is 42.3 Å². The molecular formula is C47H93N2+. The first-order valence-electron chi connectivity index (χ1n) is 23.4. The highest BCUT2D eigenvalue weighted by Crippen LogP contribution is 2.16. The van der Waals surface area contributed by atoms with Crippen LogP contribution in [-0.2, 0) is 19.5 Å². The Bertz CT molecular complexity index is 751. The fourth-order valence-corrected chi connectivity index (χ4v) is 7.92. The van der Waals surface area contributed by atoms with Crippen molar-refractivity contribution in [2.24, 2.45) is 0 Å². The van der Waals surface area contributed by atoms with Crippen LogP contribution in [0.3, 0.4) is 0 Å². The molecule has 0 spiro atoms. The second-order valence-corrected chi connectivity index (χ2v) is 16.2. The third-order valence-corrected chi connectivity index (χ3v) is 11.3. The second-order valence-electron chi connectivity index (χ2n) is 16.2. The van der Waals surface area contributed by atoms with Crippen molar-refractivity contribution in [2.75, 3.05) is 0 Å². The van der Waals surface area contributed by atoms with Gasteiger partial charge in [0.1, 0.15) is 12.4 Å². The zero-order chi connectivity index (χ0) is 35.1. The molecule has 0 saturated carbocycles. The normalized spacial score (nSPS) is 11.7. The Morgan fingerprint density at radius 3 is 0.980 bits per heavy atom. The topological polar surface area (TPSA) is 8.81 Å². The molecule has 0 aromatic carbocycles. The quantitative estimate of drug-likeness (QED) is 0.0479. The maximum absolute atomic E-state index is 2.64. The Morgan fingerprint density at radius 1 is 0.347 bits per heavy atom. The minimum absolute atomic E-state index is 1.23. The van der Waals surface area contributed by atoms with E-state index in [1.807, 2.05) is 0 Å². The van der Waals surface area contributed by atoms with Crippen LogP contribution < -0.4 is 4.57 Å². The van der Waals surface area contributed by atoms with E-state index in [0.717, 1.165) is 0 Å². The van der Waals surface area contributed by atoms with Crippen molar-refractivity contribution in [3.63, 3.8) is 0 Å². The first-order valence-corrected chi connectivity index (χ1v) is 23.4. The largest absolute Gasteiger partial charge is 0.256 e. The van der Waals surface area contributed by atoms with Crippen LogP contribution in [0.1, 0.15) is 271 Å². The number of unbranched alkanes of at least 4 members (excludes halogenated alkanes) is 35. The molecular weight excluding hydrogens is 593 g/mol. The fourth-order valence-electron chi connectivity index (χ4n) is 7.92. The van der Waals surface area contributed by atoms with Gasteiger partial charge in [-0.15, -0.1) is 0 Å². The molecule has 1 heterocycles. The van der Waals surface area contributed by atoms with Gasteiger partial charge in [-0.1, -0.05) is 233 Å². The highest BCUT2D eigenvalue weighted by atomic mass is 15.1. The number of imidazole rings is 1. The third kappa shape index (κ3) is 30.5. The SMILES string of the molecule is CCCCCCCCCCCCCCCCCCC[n+]1ccn(CCCCCCCCCCCCCCCC)c1CCCCCCCCC. The van der Waals surface area contributed by atoms with E-state index in [9.17, 15) is 0 Å². The number of rotatable bonds is 41. The number of aryl methyl sites for hydroxylation is 2. The molecule has 49 heavy (non-hydrogen) atoms. The molecule has 0 aliphatic heterocycles. The zero-order valence-electron chi connectivity index (χ0n) is 34.5. The second kappa shape index (κ2) is 38.4. The van der Waals surface area contributed by atoms with E-state index < -0.39 is 0 Å². The Hall–Kier alpha value is -0.790. The van der Waals surface area contributed by atoms with E-state index >= 15 is 0 Å². The average molecular weight is 686 g/mol. The average Bonchev–Trinajstić information content (AvgIpc) is 3.50. The summed E-state index contributed by atoms with van der Waals surface area (Å²) in [5.74, 6) is 1.62. The Balaban J connectivity index is 2.18. The van der Waals surface area contributed by atoms with Gasteiger partial charge in [0.05, 0.1) is 13.1 Å². The summed E-state index contributed by atoms with van der Waals surface area (Å²) < 4.78 is 5.29. The van der Waals surface area contributed by atoms with Crippen molar-refractivity contribution in [3.05, 3.63) is 18.2 Å². The molecule has 0 aliphatic rings. The molecule has 0 unspecified atom stereocenters. The zero-order valence-corrected chi connectivity index (χ0v) is 34.5. The van der Waals surface area contributed by atoms with Gasteiger partial charge in [0.2, 0.25) is 0 Å². The molecule has 1 rings (SSSR count). The highest BCUT2D eigenvalue weighted by molar-refractivity contribution is 4.84. The molecule has 0 saturated heterocycles. The van der Waals surface area contributed by atoms with Gasteiger partial charge in [-0.05, 0) is 32.1 Å². The van der Waals surface area contributed by atoms with Crippen LogP contribution in [0.15, 0.2) is 12.4 Å². The summed E-state index contributed by atoms with van der Waals surface area (Å²) in [4.78, 5) is 0. The van der Waals surface area contributed by atoms with Gasteiger partial charge in [-0.3, -0.25) is 0 Å². The van der Waals surface area contributed by atoms with Crippen LogP contribution in [0.25, 0.3) is 0 Å². The molecule has 1 aromatic heterocycles. The van der Waals surface area contributed by atoms with E-state index in [-0.39, 0.29) is 0 Å². The maximum atomic E-state index is 2.64. The van der Waals surface area contributed by atoms with Crippen LogP contribution in [-0.4, -0.2) is 4.57 Å². The van der Waals surface area contributed by atoms with E-state index in [1.54, 1.807) is 5.82 Å². The molecule has 0 atom stereocenters. The summed E-state index contributed by atoms with van der Waals surface area (Å²) in [5, 5.41) is 0. The van der Waals surface area contributed by atoms with Gasteiger partial charge in [0, 0.05) is 6.42 Å². The van der Waals surface area contributed by atoms with Crippen molar-refractivity contribution in [2.45, 2.75) is 284 Å². The Morgan fingerprint density at radius 2 is 0.633 bits per heavy atom. The molecule has 0 N–H and O–H groups in total. The highest BCUT2D eigenvalue weighted by Gasteiger charge is 2.16. The van der Waals surface area contributed by atoms with Crippen molar-refractivity contribution < 1.29 is 4.57 Å². The number of hydrogen-bond donors (Lipinski definition) is 0. The van der Waals surface area contributed by atoms with Gasteiger partial charge in [0.25, 0.3) is 5.82 Å². The lowest BCUT2D eigenvalue weighted by atomic mass is 10.0. The summed E-state index contributed by atoms with van der Waals surface area (Å²) in [7, 11) is 0. The number of hydrogen-bond acceptors (Lipinski definition) is 0. The first-order chi connectivity index (χ1) is 24.3. The van der Waals surface area contributed by atoms with Crippen molar-refractivity contribution in [1.82, 2.24) is 4.57 Å². The van der Waals surface area contributed by atoms with Gasteiger partial charge in [-0.25, -0.2) is 9.13 Å². The van der Waals surface area contributed by atoms with Gasteiger partial charge < -0.3 is 0 Å². The van der Waals surface area contributed by atoms with Crippen molar-refractivity contribution in [3.8, 4) is 0 Å². The minimum atomic E-state index is 1.23. The summed E-state index contributed by atoms with van der Waals surface area (Å²) in [6.07, 6.45) is 60.8. The van der Waals surface area contributed by atoms with E-state index in [0.29, 0.717) is 0 Å². The van der Waals surface area contributed by atoms with E-state index in [4.69, 9.17) is 0 Å². The standard InChI is InChI=1S/C47H93N2/c1-4-7-10-13-16-18-20-22-24-25-26-28-30-32-35-38-41-44-49-46-45-48(47(49)42-39-36-33-15-12-9-6-3)43-40-37-34-31-29-27-23-21-19-17-14-11-8-5-2/h45-46H,4-44H2,1-3H3/q+1. The van der Waals surface area contributed by atoms with E-state index in [1.165, 1.54) is 264 Å². The van der Waals surface area contributed by atoms with Gasteiger partial charge in [0.15, 0.2) is 0 Å². The minimum Gasteiger partial charge on any atom is -0.234 e. The summed E-state index contributed by atoms with van der Waals surface area (Å²) in [6, 6.07) is 0. The molecule has 2 nitrogen and oxygen atoms in total. The summed E-state index contributed by atoms with van der Waals surface area (Å²) in [6.45, 7) is 9.42. The molecule has 0 bridgehead atoms. The number of aromatic nitrogens is 2. The molecule has 0 aliphatic carbocycles. The molecule has 0 radical (unpaired) electrons. The van der Waals surface area contributed by atoms with Crippen LogP contribution in [0.2, 0.25) is 0 Å². The van der Waals surface area contributed by atoms with Crippen LogP contribution in [0.5, 0.6) is 0 Å². The van der Waals surface area contributed by atoms with Crippen LogP contribution in [0.4, 0.5) is 0 Å². The van der Waals surface area contributed by atoms with Gasteiger partial charge in [-0.2, -0.15) is 0 Å². The predicted molar refractivity (Wildman–Crippen MR) is 221 cm³/mol. The molecule has 0 fully saturated rings. The lowest BCUT2D eigenvalue weighted by Crippen LogP contribution is -2.37. The molecule has 290 valence electrons.